The monoisotopic (exact) mass is 384 g/mol. The molecule has 28 heavy (non-hydrogen) atoms. The molecule has 0 unspecified atom stereocenters. The molecule has 0 saturated carbocycles. The highest BCUT2D eigenvalue weighted by Crippen LogP contribution is 2.35. The van der Waals surface area contributed by atoms with Crippen LogP contribution in [0.5, 0.6) is 5.75 Å². The van der Waals surface area contributed by atoms with Gasteiger partial charge in [-0.2, -0.15) is 8.78 Å². The molecule has 3 aromatic carbocycles. The summed E-state index contributed by atoms with van der Waals surface area (Å²) in [6, 6.07) is 14.1. The third-order valence-electron chi connectivity index (χ3n) is 4.66. The Morgan fingerprint density at radius 2 is 1.64 bits per heavy atom. The highest BCUT2D eigenvalue weighted by Gasteiger charge is 2.35. The van der Waals surface area contributed by atoms with Crippen molar-refractivity contribution in [2.75, 3.05) is 0 Å². The minimum Gasteiger partial charge on any atom is -0.426 e. The van der Waals surface area contributed by atoms with Crippen LogP contribution in [0.3, 0.4) is 0 Å². The van der Waals surface area contributed by atoms with Crippen LogP contribution in [0.25, 0.3) is 10.8 Å². The lowest BCUT2D eigenvalue weighted by molar-refractivity contribution is -0.186. The maximum absolute atomic E-state index is 14.6. The first-order chi connectivity index (χ1) is 13.4. The normalized spacial score (nSPS) is 11.6. The third kappa shape index (κ3) is 4.56. The Balaban J connectivity index is 1.84. The molecule has 0 amide bonds. The summed E-state index contributed by atoms with van der Waals surface area (Å²) in [7, 11) is 0. The van der Waals surface area contributed by atoms with Gasteiger partial charge in [0.05, 0.1) is 5.56 Å². The van der Waals surface area contributed by atoms with E-state index in [2.05, 4.69) is 13.5 Å². The van der Waals surface area contributed by atoms with Gasteiger partial charge in [0.2, 0.25) is 0 Å². The minimum atomic E-state index is -3.63. The molecule has 0 heterocycles. The van der Waals surface area contributed by atoms with Crippen molar-refractivity contribution >= 4 is 10.8 Å². The predicted molar refractivity (Wildman–Crippen MR) is 107 cm³/mol. The predicted octanol–water partition coefficient (Wildman–Crippen LogP) is 7.18. The standard InChI is InChI=1S/C24H23F3O/c1-3-5-7-17-9-12-21(13-10-17)24(26,27)28-23-16-19-11-8-18(6-4-2)14-20(19)15-22(23)25/h3,8-16H,1,4-7H2,2H3. The van der Waals surface area contributed by atoms with Crippen LogP contribution in [-0.4, -0.2) is 0 Å². The lowest BCUT2D eigenvalue weighted by atomic mass is 10.0. The second kappa shape index (κ2) is 8.51. The molecule has 0 aliphatic heterocycles. The first-order valence-corrected chi connectivity index (χ1v) is 9.42. The largest absolute Gasteiger partial charge is 0.426 e. The van der Waals surface area contributed by atoms with Gasteiger partial charge in [-0.15, -0.1) is 6.58 Å². The Hall–Kier alpha value is -2.75. The van der Waals surface area contributed by atoms with Gasteiger partial charge in [-0.3, -0.25) is 0 Å². The number of ether oxygens (including phenoxy) is 1. The molecule has 0 aliphatic carbocycles. The zero-order valence-corrected chi connectivity index (χ0v) is 15.9. The van der Waals surface area contributed by atoms with Gasteiger partial charge in [-0.1, -0.05) is 49.8 Å². The Bertz CT molecular complexity index is 961. The van der Waals surface area contributed by atoms with E-state index in [4.69, 9.17) is 4.74 Å². The van der Waals surface area contributed by atoms with Crippen molar-refractivity contribution in [3.05, 3.63) is 89.8 Å². The zero-order chi connectivity index (χ0) is 20.1. The average Bonchev–Trinajstić information content (AvgIpc) is 2.67. The van der Waals surface area contributed by atoms with Gasteiger partial charge >= 0.3 is 6.11 Å². The molecule has 0 atom stereocenters. The van der Waals surface area contributed by atoms with Crippen molar-refractivity contribution in [1.29, 1.82) is 0 Å². The van der Waals surface area contributed by atoms with E-state index in [0.717, 1.165) is 36.8 Å². The zero-order valence-electron chi connectivity index (χ0n) is 15.9. The van der Waals surface area contributed by atoms with Gasteiger partial charge < -0.3 is 4.74 Å². The van der Waals surface area contributed by atoms with Crippen LogP contribution in [0.15, 0.2) is 67.3 Å². The molecule has 0 N–H and O–H groups in total. The maximum Gasteiger partial charge on any atom is 0.426 e. The fourth-order valence-corrected chi connectivity index (χ4v) is 3.15. The molecule has 3 aromatic rings. The number of hydrogen-bond acceptors (Lipinski definition) is 1. The van der Waals surface area contributed by atoms with Crippen molar-refractivity contribution in [2.24, 2.45) is 0 Å². The number of benzene rings is 3. The van der Waals surface area contributed by atoms with E-state index >= 15 is 0 Å². The number of fused-ring (bicyclic) bond motifs is 1. The van der Waals surface area contributed by atoms with Crippen molar-refractivity contribution in [3.8, 4) is 5.75 Å². The highest BCUT2D eigenvalue weighted by molar-refractivity contribution is 5.84. The van der Waals surface area contributed by atoms with Crippen LogP contribution in [0.4, 0.5) is 13.2 Å². The smallest absolute Gasteiger partial charge is 0.426 e. The molecule has 0 fully saturated rings. The maximum atomic E-state index is 14.6. The molecular formula is C24H23F3O. The van der Waals surface area contributed by atoms with E-state index in [1.165, 1.54) is 24.3 Å². The molecule has 4 heteroatoms. The van der Waals surface area contributed by atoms with Gasteiger partial charge in [0.1, 0.15) is 0 Å². The minimum absolute atomic E-state index is 0.312. The summed E-state index contributed by atoms with van der Waals surface area (Å²) in [6.07, 6.45) is 1.52. The fraction of sp³-hybridized carbons (Fsp3) is 0.250. The van der Waals surface area contributed by atoms with E-state index in [1.54, 1.807) is 24.3 Å². The van der Waals surface area contributed by atoms with Gasteiger partial charge in [-0.25, -0.2) is 4.39 Å². The summed E-state index contributed by atoms with van der Waals surface area (Å²) in [5.41, 5.74) is 1.71. The van der Waals surface area contributed by atoms with Gasteiger partial charge in [-0.05, 0) is 65.4 Å². The number of aryl methyl sites for hydroxylation is 2. The third-order valence-corrected chi connectivity index (χ3v) is 4.66. The highest BCUT2D eigenvalue weighted by atomic mass is 19.3. The first-order valence-electron chi connectivity index (χ1n) is 9.42. The molecule has 0 radical (unpaired) electrons. The van der Waals surface area contributed by atoms with Crippen molar-refractivity contribution < 1.29 is 17.9 Å². The molecule has 0 saturated heterocycles. The van der Waals surface area contributed by atoms with E-state index in [9.17, 15) is 13.2 Å². The number of hydrogen-bond donors (Lipinski definition) is 0. The van der Waals surface area contributed by atoms with E-state index in [1.807, 2.05) is 12.1 Å². The first kappa shape index (κ1) is 20.0. The molecule has 1 nitrogen and oxygen atoms in total. The van der Waals surface area contributed by atoms with Gasteiger partial charge in [0.25, 0.3) is 0 Å². The van der Waals surface area contributed by atoms with Crippen LogP contribution < -0.4 is 4.74 Å². The van der Waals surface area contributed by atoms with Gasteiger partial charge in [0.15, 0.2) is 11.6 Å². The molecule has 146 valence electrons. The summed E-state index contributed by atoms with van der Waals surface area (Å²) in [4.78, 5) is 0. The van der Waals surface area contributed by atoms with Crippen LogP contribution in [-0.2, 0) is 19.0 Å². The summed E-state index contributed by atoms with van der Waals surface area (Å²) in [5.74, 6) is -1.26. The quantitative estimate of drug-likeness (QED) is 0.374. The number of halogens is 3. The van der Waals surface area contributed by atoms with E-state index < -0.39 is 17.7 Å². The molecule has 0 spiro atoms. The lowest BCUT2D eigenvalue weighted by Gasteiger charge is -2.19. The molecule has 3 rings (SSSR count). The summed E-state index contributed by atoms with van der Waals surface area (Å²) in [6.45, 7) is 5.71. The summed E-state index contributed by atoms with van der Waals surface area (Å²) in [5, 5.41) is 1.33. The van der Waals surface area contributed by atoms with Crippen LogP contribution in [0.2, 0.25) is 0 Å². The molecule has 0 aliphatic rings. The second-order valence-electron chi connectivity index (χ2n) is 6.86. The summed E-state index contributed by atoms with van der Waals surface area (Å²) < 4.78 is 48.3. The van der Waals surface area contributed by atoms with E-state index in [-0.39, 0.29) is 5.56 Å². The molecule has 0 aromatic heterocycles. The summed E-state index contributed by atoms with van der Waals surface area (Å²) >= 11 is 0. The fourth-order valence-electron chi connectivity index (χ4n) is 3.15. The number of alkyl halides is 2. The van der Waals surface area contributed by atoms with Crippen LogP contribution in [0, 0.1) is 5.82 Å². The van der Waals surface area contributed by atoms with Crippen LogP contribution >= 0.6 is 0 Å². The number of rotatable bonds is 8. The number of allylic oxidation sites excluding steroid dienone is 1. The van der Waals surface area contributed by atoms with Crippen LogP contribution in [0.1, 0.15) is 36.5 Å². The Morgan fingerprint density at radius 1 is 0.929 bits per heavy atom. The van der Waals surface area contributed by atoms with Crippen molar-refractivity contribution in [2.45, 2.75) is 38.7 Å². The Morgan fingerprint density at radius 3 is 2.32 bits per heavy atom. The van der Waals surface area contributed by atoms with Gasteiger partial charge in [0, 0.05) is 0 Å². The lowest BCUT2D eigenvalue weighted by Crippen LogP contribution is -2.22. The molecular weight excluding hydrogens is 361 g/mol. The second-order valence-corrected chi connectivity index (χ2v) is 6.86. The van der Waals surface area contributed by atoms with Crippen molar-refractivity contribution in [1.82, 2.24) is 0 Å². The van der Waals surface area contributed by atoms with Crippen molar-refractivity contribution in [3.63, 3.8) is 0 Å². The van der Waals surface area contributed by atoms with E-state index in [0.29, 0.717) is 10.8 Å². The SMILES string of the molecule is C=CCCc1ccc(C(F)(F)Oc2cc3ccc(CCC)cc3cc2F)cc1. The average molecular weight is 384 g/mol. The Kier molecular flexibility index (Phi) is 6.08. The topological polar surface area (TPSA) is 9.23 Å². The Labute approximate surface area is 163 Å². The molecule has 0 bridgehead atoms.